The minimum Gasteiger partial charge on any atom is -0.490 e. The molecule has 0 radical (unpaired) electrons. The molecule has 2 heterocycles. The first-order valence-corrected chi connectivity index (χ1v) is 10.2. The van der Waals surface area contributed by atoms with Crippen LogP contribution >= 0.6 is 0 Å². The molecule has 32 heavy (non-hydrogen) atoms. The van der Waals surface area contributed by atoms with Crippen LogP contribution in [0.2, 0.25) is 0 Å². The van der Waals surface area contributed by atoms with Crippen molar-refractivity contribution in [3.8, 4) is 23.3 Å². The zero-order valence-electron chi connectivity index (χ0n) is 17.8. The monoisotopic (exact) mass is 430 g/mol. The van der Waals surface area contributed by atoms with Crippen molar-refractivity contribution in [2.45, 2.75) is 26.4 Å². The van der Waals surface area contributed by atoms with Gasteiger partial charge in [-0.1, -0.05) is 36.4 Å². The molecule has 162 valence electrons. The molecule has 0 bridgehead atoms. The van der Waals surface area contributed by atoms with E-state index < -0.39 is 11.5 Å². The van der Waals surface area contributed by atoms with Crippen LogP contribution in [0.25, 0.3) is 0 Å². The van der Waals surface area contributed by atoms with Crippen molar-refractivity contribution >= 4 is 0 Å². The summed E-state index contributed by atoms with van der Waals surface area (Å²) in [7, 11) is 0. The van der Waals surface area contributed by atoms with Crippen LogP contribution in [-0.4, -0.2) is 6.61 Å². The first kappa shape index (κ1) is 21.1. The minimum absolute atomic E-state index is 0.0441. The molecule has 0 fully saturated rings. The van der Waals surface area contributed by atoms with Crippen molar-refractivity contribution < 1.29 is 18.6 Å². The Morgan fingerprint density at radius 3 is 2.59 bits per heavy atom. The van der Waals surface area contributed by atoms with E-state index in [1.54, 1.807) is 31.2 Å². The molecule has 1 aromatic heterocycles. The highest BCUT2D eigenvalue weighted by Crippen LogP contribution is 2.42. The van der Waals surface area contributed by atoms with Crippen LogP contribution in [0, 0.1) is 18.3 Å². The van der Waals surface area contributed by atoms with Crippen molar-refractivity contribution in [3.63, 3.8) is 0 Å². The number of benzene rings is 2. The smallest absolute Gasteiger partial charge is 0.343 e. The summed E-state index contributed by atoms with van der Waals surface area (Å²) in [6, 6.07) is 18.8. The highest BCUT2D eigenvalue weighted by atomic mass is 16.5. The van der Waals surface area contributed by atoms with Gasteiger partial charge in [0.25, 0.3) is 0 Å². The van der Waals surface area contributed by atoms with Crippen LogP contribution in [0.3, 0.4) is 0 Å². The van der Waals surface area contributed by atoms with Crippen LogP contribution in [0.5, 0.6) is 17.2 Å². The highest BCUT2D eigenvalue weighted by Gasteiger charge is 2.34. The Morgan fingerprint density at radius 1 is 1.09 bits per heavy atom. The first-order valence-electron chi connectivity index (χ1n) is 10.2. The number of fused-ring (bicyclic) bond motifs is 1. The summed E-state index contributed by atoms with van der Waals surface area (Å²) in [5, 5.41) is 9.75. The first-order chi connectivity index (χ1) is 15.5. The standard InChI is InChI=1S/C25H22N2O5/c1-3-29-20-12-17(9-10-19(20)30-14-16-7-5-4-6-8-16)22-18(13-26)24(27)32-21-11-15(2)31-25(28)23(21)22/h4-12,22H,3,14,27H2,1-2H3/t22-/m0/s1. The Bertz CT molecular complexity index is 1270. The number of rotatable bonds is 6. The van der Waals surface area contributed by atoms with Gasteiger partial charge < -0.3 is 24.4 Å². The fourth-order valence-electron chi connectivity index (χ4n) is 3.68. The van der Waals surface area contributed by atoms with E-state index in [4.69, 9.17) is 24.4 Å². The number of nitriles is 1. The predicted octanol–water partition coefficient (Wildman–Crippen LogP) is 4.14. The van der Waals surface area contributed by atoms with Crippen molar-refractivity contribution in [1.82, 2.24) is 0 Å². The molecular formula is C25H22N2O5. The Morgan fingerprint density at radius 2 is 1.88 bits per heavy atom. The molecule has 0 spiro atoms. The molecule has 0 amide bonds. The molecule has 1 aliphatic rings. The van der Waals surface area contributed by atoms with E-state index in [1.165, 1.54) is 0 Å². The van der Waals surface area contributed by atoms with Gasteiger partial charge in [-0.3, -0.25) is 0 Å². The van der Waals surface area contributed by atoms with Crippen LogP contribution < -0.4 is 25.6 Å². The molecule has 1 aliphatic heterocycles. The molecule has 7 nitrogen and oxygen atoms in total. The molecule has 2 N–H and O–H groups in total. The maximum Gasteiger partial charge on any atom is 0.343 e. The normalized spacial score (nSPS) is 14.8. The second kappa shape index (κ2) is 8.90. The molecule has 2 aromatic carbocycles. The van der Waals surface area contributed by atoms with E-state index in [9.17, 15) is 10.1 Å². The summed E-state index contributed by atoms with van der Waals surface area (Å²) in [6.45, 7) is 4.30. The Hall–Kier alpha value is -4.18. The van der Waals surface area contributed by atoms with E-state index in [0.717, 1.165) is 5.56 Å². The van der Waals surface area contributed by atoms with Crippen molar-refractivity contribution in [2.24, 2.45) is 5.73 Å². The van der Waals surface area contributed by atoms with Gasteiger partial charge in [-0.15, -0.1) is 0 Å². The Balaban J connectivity index is 1.76. The quantitative estimate of drug-likeness (QED) is 0.626. The minimum atomic E-state index is -0.747. The summed E-state index contributed by atoms with van der Waals surface area (Å²) < 4.78 is 22.6. The average molecular weight is 430 g/mol. The van der Waals surface area contributed by atoms with Gasteiger partial charge in [0.05, 0.1) is 18.1 Å². The number of nitrogens with zero attached hydrogens (tertiary/aromatic N) is 1. The van der Waals surface area contributed by atoms with Crippen LogP contribution in [0.1, 0.15) is 35.3 Å². The van der Waals surface area contributed by atoms with Crippen molar-refractivity contribution in [3.05, 3.63) is 98.9 Å². The van der Waals surface area contributed by atoms with E-state index in [-0.39, 0.29) is 22.8 Å². The van der Waals surface area contributed by atoms with Gasteiger partial charge in [-0.2, -0.15) is 5.26 Å². The molecule has 0 saturated carbocycles. The van der Waals surface area contributed by atoms with Crippen LogP contribution in [0.15, 0.2) is 75.3 Å². The lowest BCUT2D eigenvalue weighted by Crippen LogP contribution is -2.26. The number of hydrogen-bond donors (Lipinski definition) is 1. The molecule has 0 unspecified atom stereocenters. The number of nitrogens with two attached hydrogens (primary N) is 1. The molecule has 0 aliphatic carbocycles. The SMILES string of the molecule is CCOc1cc([C@H]2C(C#N)=C(N)Oc3cc(C)oc(=O)c32)ccc1OCc1ccccc1. The fourth-order valence-corrected chi connectivity index (χ4v) is 3.68. The van der Waals surface area contributed by atoms with Crippen molar-refractivity contribution in [2.75, 3.05) is 6.61 Å². The molecular weight excluding hydrogens is 408 g/mol. The third-order valence-electron chi connectivity index (χ3n) is 5.09. The largest absolute Gasteiger partial charge is 0.490 e. The van der Waals surface area contributed by atoms with Gasteiger partial charge in [-0.25, -0.2) is 4.79 Å². The number of aryl methyl sites for hydroxylation is 1. The second-order valence-electron chi connectivity index (χ2n) is 7.26. The molecule has 4 rings (SSSR count). The summed E-state index contributed by atoms with van der Waals surface area (Å²) in [5.41, 5.74) is 7.46. The lowest BCUT2D eigenvalue weighted by Gasteiger charge is -2.25. The van der Waals surface area contributed by atoms with E-state index in [0.29, 0.717) is 36.0 Å². The van der Waals surface area contributed by atoms with E-state index >= 15 is 0 Å². The third-order valence-corrected chi connectivity index (χ3v) is 5.09. The van der Waals surface area contributed by atoms with Gasteiger partial charge in [0, 0.05) is 6.07 Å². The lowest BCUT2D eigenvalue weighted by atomic mass is 9.84. The van der Waals surface area contributed by atoms with Gasteiger partial charge in [-0.05, 0) is 37.1 Å². The summed E-state index contributed by atoms with van der Waals surface area (Å²) in [5.74, 6) is 0.933. The summed E-state index contributed by atoms with van der Waals surface area (Å²) in [4.78, 5) is 12.7. The fraction of sp³-hybridized carbons (Fsp3) is 0.200. The maximum atomic E-state index is 12.7. The molecule has 3 aromatic rings. The molecule has 0 saturated heterocycles. The Labute approximate surface area is 185 Å². The van der Waals surface area contributed by atoms with Gasteiger partial charge in [0.15, 0.2) is 11.5 Å². The highest BCUT2D eigenvalue weighted by molar-refractivity contribution is 5.57. The number of ether oxygens (including phenoxy) is 3. The topological polar surface area (TPSA) is 108 Å². The van der Waals surface area contributed by atoms with E-state index in [1.807, 2.05) is 37.3 Å². The zero-order valence-corrected chi connectivity index (χ0v) is 17.8. The number of hydrogen-bond acceptors (Lipinski definition) is 7. The summed E-state index contributed by atoms with van der Waals surface area (Å²) >= 11 is 0. The average Bonchev–Trinajstić information content (AvgIpc) is 2.78. The molecule has 7 heteroatoms. The molecule has 1 atom stereocenters. The second-order valence-corrected chi connectivity index (χ2v) is 7.26. The van der Waals surface area contributed by atoms with Crippen LogP contribution in [-0.2, 0) is 6.61 Å². The van der Waals surface area contributed by atoms with Crippen molar-refractivity contribution in [1.29, 1.82) is 5.26 Å². The van der Waals surface area contributed by atoms with Crippen LogP contribution in [0.4, 0.5) is 0 Å². The van der Waals surface area contributed by atoms with Gasteiger partial charge in [0.1, 0.15) is 29.8 Å². The van der Waals surface area contributed by atoms with Gasteiger partial charge in [0.2, 0.25) is 5.88 Å². The lowest BCUT2D eigenvalue weighted by molar-refractivity contribution is 0.269. The summed E-state index contributed by atoms with van der Waals surface area (Å²) in [6.07, 6.45) is 0. The predicted molar refractivity (Wildman–Crippen MR) is 117 cm³/mol. The van der Waals surface area contributed by atoms with E-state index in [2.05, 4.69) is 6.07 Å². The number of allylic oxidation sites excluding steroid dienone is 1. The maximum absolute atomic E-state index is 12.7. The van der Waals surface area contributed by atoms with Gasteiger partial charge >= 0.3 is 5.63 Å². The zero-order chi connectivity index (χ0) is 22.7. The Kier molecular flexibility index (Phi) is 5.86. The third kappa shape index (κ3) is 4.03.